The molecule has 0 saturated carbocycles. The molecule has 0 aliphatic heterocycles. The van der Waals surface area contributed by atoms with E-state index in [9.17, 15) is 9.59 Å². The lowest BCUT2D eigenvalue weighted by molar-refractivity contribution is -0.146. The third-order valence-electron chi connectivity index (χ3n) is 4.51. The molecule has 0 unspecified atom stereocenters. The van der Waals surface area contributed by atoms with Crippen molar-refractivity contribution in [2.75, 3.05) is 19.0 Å². The van der Waals surface area contributed by atoms with Crippen molar-refractivity contribution in [3.05, 3.63) is 59.2 Å². The number of methoxy groups -OCH3 is 1. The van der Waals surface area contributed by atoms with Gasteiger partial charge in [0.25, 0.3) is 5.91 Å². The summed E-state index contributed by atoms with van der Waals surface area (Å²) in [5, 5.41) is 2.68. The van der Waals surface area contributed by atoms with Gasteiger partial charge in [-0.2, -0.15) is 0 Å². The molecule has 0 radical (unpaired) electrons. The molecule has 5 nitrogen and oxygen atoms in total. The van der Waals surface area contributed by atoms with E-state index in [0.29, 0.717) is 11.4 Å². The Balaban J connectivity index is 1.50. The van der Waals surface area contributed by atoms with Crippen molar-refractivity contribution < 1.29 is 19.1 Å². The zero-order valence-corrected chi connectivity index (χ0v) is 14.9. The van der Waals surface area contributed by atoms with E-state index in [0.717, 1.165) is 18.4 Å². The number of ether oxygens (including phenoxy) is 2. The van der Waals surface area contributed by atoms with Crippen LogP contribution in [0, 0.1) is 0 Å². The topological polar surface area (TPSA) is 64.6 Å². The van der Waals surface area contributed by atoms with Crippen LogP contribution in [-0.4, -0.2) is 25.6 Å². The van der Waals surface area contributed by atoms with E-state index < -0.39 is 11.9 Å². The van der Waals surface area contributed by atoms with Gasteiger partial charge in [0.05, 0.1) is 19.2 Å². The van der Waals surface area contributed by atoms with Gasteiger partial charge in [-0.25, -0.2) is 0 Å². The molecule has 5 heteroatoms. The summed E-state index contributed by atoms with van der Waals surface area (Å²) in [6.45, 7) is -0.318. The maximum absolute atomic E-state index is 12.0. The Bertz CT molecular complexity index is 800. The molecule has 0 bridgehead atoms. The Morgan fingerprint density at radius 1 is 1.04 bits per heavy atom. The van der Waals surface area contributed by atoms with Crippen LogP contribution in [0.1, 0.15) is 29.5 Å². The van der Waals surface area contributed by atoms with E-state index in [1.165, 1.54) is 31.1 Å². The third kappa shape index (κ3) is 4.63. The number of rotatable bonds is 6. The highest BCUT2D eigenvalue weighted by Crippen LogP contribution is 2.23. The zero-order chi connectivity index (χ0) is 18.4. The summed E-state index contributed by atoms with van der Waals surface area (Å²) in [5.41, 5.74) is 4.19. The van der Waals surface area contributed by atoms with E-state index in [1.807, 2.05) is 12.1 Å². The van der Waals surface area contributed by atoms with Gasteiger partial charge in [0, 0.05) is 0 Å². The quantitative estimate of drug-likeness (QED) is 0.810. The molecule has 0 aromatic heterocycles. The Hall–Kier alpha value is -2.82. The first-order valence-corrected chi connectivity index (χ1v) is 8.85. The first-order valence-electron chi connectivity index (χ1n) is 8.85. The van der Waals surface area contributed by atoms with Crippen molar-refractivity contribution in [2.24, 2.45) is 0 Å². The molecule has 0 spiro atoms. The molecular formula is C21H23NO4. The number of aryl methyl sites for hydroxylation is 2. The molecule has 1 aliphatic rings. The van der Waals surface area contributed by atoms with Crippen molar-refractivity contribution in [1.82, 2.24) is 0 Å². The standard InChI is InChI=1S/C21H23NO4/c1-25-19-9-5-4-8-18(19)22-20(23)14-26-21(24)13-15-10-11-16-6-2-3-7-17(16)12-15/h4-5,8-12H,2-3,6-7,13-14H2,1H3,(H,22,23). The maximum atomic E-state index is 12.0. The normalized spacial score (nSPS) is 12.8. The highest BCUT2D eigenvalue weighted by Gasteiger charge is 2.13. The van der Waals surface area contributed by atoms with Crippen LogP contribution < -0.4 is 10.1 Å². The first kappa shape index (κ1) is 18.0. The van der Waals surface area contributed by atoms with Crippen LogP contribution in [0.3, 0.4) is 0 Å². The summed E-state index contributed by atoms with van der Waals surface area (Å²) in [6.07, 6.45) is 4.79. The van der Waals surface area contributed by atoms with Gasteiger partial charge >= 0.3 is 5.97 Å². The van der Waals surface area contributed by atoms with Crippen LogP contribution in [0.25, 0.3) is 0 Å². The lowest BCUT2D eigenvalue weighted by Gasteiger charge is -2.16. The number of hydrogen-bond acceptors (Lipinski definition) is 4. The zero-order valence-electron chi connectivity index (χ0n) is 14.9. The second kappa shape index (κ2) is 8.52. The summed E-state index contributed by atoms with van der Waals surface area (Å²) in [7, 11) is 1.53. The smallest absolute Gasteiger partial charge is 0.310 e. The van der Waals surface area contributed by atoms with Crippen LogP contribution in [0.2, 0.25) is 0 Å². The van der Waals surface area contributed by atoms with Crippen molar-refractivity contribution in [1.29, 1.82) is 0 Å². The van der Waals surface area contributed by atoms with Gasteiger partial charge in [-0.05, 0) is 54.5 Å². The summed E-state index contributed by atoms with van der Waals surface area (Å²) < 4.78 is 10.3. The number of carbonyl (C=O) groups is 2. The highest BCUT2D eigenvalue weighted by atomic mass is 16.5. The monoisotopic (exact) mass is 353 g/mol. The van der Waals surface area contributed by atoms with Crippen molar-refractivity contribution >= 4 is 17.6 Å². The van der Waals surface area contributed by atoms with E-state index in [1.54, 1.807) is 18.2 Å². The van der Waals surface area contributed by atoms with Gasteiger partial charge in [-0.3, -0.25) is 9.59 Å². The summed E-state index contributed by atoms with van der Waals surface area (Å²) in [5.74, 6) is -0.245. The molecule has 0 fully saturated rings. The number of fused-ring (bicyclic) bond motifs is 1. The minimum absolute atomic E-state index is 0.176. The van der Waals surface area contributed by atoms with Gasteiger partial charge < -0.3 is 14.8 Å². The predicted molar refractivity (Wildman–Crippen MR) is 99.4 cm³/mol. The van der Waals surface area contributed by atoms with Gasteiger partial charge in [-0.1, -0.05) is 30.3 Å². The molecule has 1 amide bonds. The fourth-order valence-corrected chi connectivity index (χ4v) is 3.19. The minimum atomic E-state index is -0.407. The molecule has 2 aromatic carbocycles. The Labute approximate surface area is 153 Å². The lowest BCUT2D eigenvalue weighted by Crippen LogP contribution is -2.22. The number of carbonyl (C=O) groups excluding carboxylic acids is 2. The van der Waals surface area contributed by atoms with E-state index in [-0.39, 0.29) is 13.0 Å². The van der Waals surface area contributed by atoms with Crippen molar-refractivity contribution in [3.8, 4) is 5.75 Å². The van der Waals surface area contributed by atoms with E-state index >= 15 is 0 Å². The number of anilines is 1. The van der Waals surface area contributed by atoms with Gasteiger partial charge in [0.15, 0.2) is 6.61 Å². The van der Waals surface area contributed by atoms with Crippen molar-refractivity contribution in [3.63, 3.8) is 0 Å². The van der Waals surface area contributed by atoms with Gasteiger partial charge in [0.2, 0.25) is 0 Å². The Morgan fingerprint density at radius 2 is 1.81 bits per heavy atom. The summed E-state index contributed by atoms with van der Waals surface area (Å²) in [4.78, 5) is 24.0. The average molecular weight is 353 g/mol. The largest absolute Gasteiger partial charge is 0.495 e. The van der Waals surface area contributed by atoms with Crippen LogP contribution in [-0.2, 0) is 33.6 Å². The van der Waals surface area contributed by atoms with Crippen LogP contribution >= 0.6 is 0 Å². The molecule has 0 heterocycles. The molecule has 26 heavy (non-hydrogen) atoms. The first-order chi connectivity index (χ1) is 12.7. The lowest BCUT2D eigenvalue weighted by atomic mass is 9.90. The molecule has 0 atom stereocenters. The second-order valence-electron chi connectivity index (χ2n) is 6.40. The maximum Gasteiger partial charge on any atom is 0.310 e. The minimum Gasteiger partial charge on any atom is -0.495 e. The summed E-state index contributed by atoms with van der Waals surface area (Å²) in [6, 6.07) is 13.2. The third-order valence-corrected chi connectivity index (χ3v) is 4.51. The van der Waals surface area contributed by atoms with Crippen LogP contribution in [0.15, 0.2) is 42.5 Å². The number of benzene rings is 2. The molecule has 1 N–H and O–H groups in total. The number of hydrogen-bond donors (Lipinski definition) is 1. The summed E-state index contributed by atoms with van der Waals surface area (Å²) >= 11 is 0. The fraction of sp³-hybridized carbons (Fsp3) is 0.333. The SMILES string of the molecule is COc1ccccc1NC(=O)COC(=O)Cc1ccc2c(c1)CCCC2. The molecule has 1 aliphatic carbocycles. The number of para-hydroxylation sites is 2. The Morgan fingerprint density at radius 3 is 2.62 bits per heavy atom. The molecular weight excluding hydrogens is 330 g/mol. The number of nitrogens with one attached hydrogen (secondary N) is 1. The van der Waals surface area contributed by atoms with E-state index in [2.05, 4.69) is 17.4 Å². The fourth-order valence-electron chi connectivity index (χ4n) is 3.19. The van der Waals surface area contributed by atoms with Crippen LogP contribution in [0.5, 0.6) is 5.75 Å². The van der Waals surface area contributed by atoms with Gasteiger partial charge in [0.1, 0.15) is 5.75 Å². The molecule has 0 saturated heterocycles. The molecule has 2 aromatic rings. The molecule has 3 rings (SSSR count). The number of esters is 1. The van der Waals surface area contributed by atoms with Crippen molar-refractivity contribution in [2.45, 2.75) is 32.1 Å². The predicted octanol–water partition coefficient (Wildman–Crippen LogP) is 3.30. The average Bonchev–Trinajstić information content (AvgIpc) is 2.67. The van der Waals surface area contributed by atoms with E-state index in [4.69, 9.17) is 9.47 Å². The Kier molecular flexibility index (Phi) is 5.89. The molecule has 136 valence electrons. The highest BCUT2D eigenvalue weighted by molar-refractivity contribution is 5.94. The van der Waals surface area contributed by atoms with Crippen LogP contribution in [0.4, 0.5) is 5.69 Å². The second-order valence-corrected chi connectivity index (χ2v) is 6.40. The number of amides is 1. The van der Waals surface area contributed by atoms with Gasteiger partial charge in [-0.15, -0.1) is 0 Å².